The van der Waals surface area contributed by atoms with Crippen LogP contribution in [-0.2, 0) is 16.8 Å². The first-order chi connectivity index (χ1) is 18.9. The van der Waals surface area contributed by atoms with Crippen molar-refractivity contribution in [3.63, 3.8) is 0 Å². The zero-order valence-electron chi connectivity index (χ0n) is 21.7. The van der Waals surface area contributed by atoms with Crippen LogP contribution in [0.5, 0.6) is 0 Å². The Morgan fingerprint density at radius 1 is 1.10 bits per heavy atom. The number of hydrogen-bond donors (Lipinski definition) is 3. The number of pyridine rings is 1. The number of fused-ring (bicyclic) bond motifs is 2. The molecule has 0 spiro atoms. The molecule has 0 unspecified atom stereocenters. The molecule has 0 radical (unpaired) electrons. The number of aryl methyl sites for hydroxylation is 1. The molecule has 0 atom stereocenters. The van der Waals surface area contributed by atoms with E-state index in [1.54, 1.807) is 13.8 Å². The Morgan fingerprint density at radius 3 is 2.52 bits per heavy atom. The average Bonchev–Trinajstić information content (AvgIpc) is 3.37. The predicted octanol–water partition coefficient (Wildman–Crippen LogP) is 3.94. The highest BCUT2D eigenvalue weighted by atomic mass is 19.2. The fourth-order valence-corrected chi connectivity index (χ4v) is 4.41. The number of alkyl halides is 2. The van der Waals surface area contributed by atoms with Gasteiger partial charge in [0.2, 0.25) is 5.91 Å². The number of carbonyl (C=O) groups is 1. The van der Waals surface area contributed by atoms with Gasteiger partial charge in [0.25, 0.3) is 0 Å². The lowest BCUT2D eigenvalue weighted by atomic mass is 9.87. The molecule has 0 aliphatic carbocycles. The van der Waals surface area contributed by atoms with Crippen LogP contribution in [0.2, 0.25) is 0 Å². The van der Waals surface area contributed by atoms with Gasteiger partial charge in [-0.2, -0.15) is 5.10 Å². The van der Waals surface area contributed by atoms with Crippen LogP contribution < -0.4 is 16.4 Å². The molecule has 4 N–H and O–H groups in total. The molecule has 1 aliphatic heterocycles. The number of nitrogens with two attached hydrogens (primary N) is 1. The molecule has 14 heteroatoms. The first-order valence-corrected chi connectivity index (χ1v) is 12.2. The second kappa shape index (κ2) is 9.77. The normalized spacial score (nSPS) is 14.5. The molecular formula is C26H25F5N8O. The number of anilines is 2. The third-order valence-corrected chi connectivity index (χ3v) is 6.89. The molecular weight excluding hydrogens is 535 g/mol. The molecule has 5 rings (SSSR count). The first-order valence-electron chi connectivity index (χ1n) is 12.2. The van der Waals surface area contributed by atoms with Crippen molar-refractivity contribution in [1.29, 1.82) is 0 Å². The fourth-order valence-electron chi connectivity index (χ4n) is 4.41. The Bertz CT molecular complexity index is 1650. The number of benzene rings is 1. The Hall–Kier alpha value is -4.20. The third kappa shape index (κ3) is 4.51. The lowest BCUT2D eigenvalue weighted by Gasteiger charge is -2.25. The van der Waals surface area contributed by atoms with Gasteiger partial charge in [-0.05, 0) is 32.9 Å². The van der Waals surface area contributed by atoms with Crippen LogP contribution in [0.3, 0.4) is 0 Å². The maximum atomic E-state index is 14.7. The fraction of sp³-hybridized carbons (Fsp3) is 0.346. The van der Waals surface area contributed by atoms with Crippen LogP contribution >= 0.6 is 0 Å². The first kappa shape index (κ1) is 27.4. The summed E-state index contributed by atoms with van der Waals surface area (Å²) < 4.78 is 71.2. The molecule has 3 aromatic heterocycles. The number of carbonyl (C=O) groups excluding carboxylic acids is 1. The minimum absolute atomic E-state index is 0.0253. The highest BCUT2D eigenvalue weighted by molar-refractivity contribution is 6.06. The average molecular weight is 561 g/mol. The number of nitrogens with one attached hydrogen (secondary N) is 2. The van der Waals surface area contributed by atoms with Crippen LogP contribution in [0, 0.1) is 24.4 Å². The van der Waals surface area contributed by atoms with Crippen molar-refractivity contribution in [3.8, 4) is 11.5 Å². The van der Waals surface area contributed by atoms with E-state index in [-0.39, 0.29) is 58.5 Å². The molecule has 1 aliphatic rings. The van der Waals surface area contributed by atoms with Gasteiger partial charge in [0.15, 0.2) is 23.1 Å². The number of halogens is 5. The molecule has 1 aromatic carbocycles. The molecule has 0 saturated heterocycles. The summed E-state index contributed by atoms with van der Waals surface area (Å²) in [5.41, 5.74) is 3.36. The van der Waals surface area contributed by atoms with Gasteiger partial charge in [-0.1, -0.05) is 12.1 Å². The molecule has 1 amide bonds. The highest BCUT2D eigenvalue weighted by Gasteiger charge is 2.43. The number of hydrogen-bond acceptors (Lipinski definition) is 7. The van der Waals surface area contributed by atoms with Crippen LogP contribution in [0.4, 0.5) is 33.6 Å². The number of aromatic nitrogens is 5. The summed E-state index contributed by atoms with van der Waals surface area (Å²) in [5.74, 6) is -3.06. The van der Waals surface area contributed by atoms with E-state index >= 15 is 0 Å². The predicted molar refractivity (Wildman–Crippen MR) is 138 cm³/mol. The van der Waals surface area contributed by atoms with Crippen molar-refractivity contribution < 1.29 is 26.7 Å². The van der Waals surface area contributed by atoms with Gasteiger partial charge < -0.3 is 16.4 Å². The standard InChI is InChI=1S/C26H25F5N8O/c1-12-16(30)7-14-19(38-39(23(14)34-12)8-13-5-4-6-15(29)18(13)31)22-35-20(33-11-26(32,9-27)10-28)17-21(36-22)37-24(40)25(17,2)3/h4-7H,8-11,32H2,1-3H3,(H2,33,35,36,37,40). The van der Waals surface area contributed by atoms with Crippen molar-refractivity contribution >= 4 is 28.6 Å². The summed E-state index contributed by atoms with van der Waals surface area (Å²) >= 11 is 0. The largest absolute Gasteiger partial charge is 0.368 e. The third-order valence-electron chi connectivity index (χ3n) is 6.89. The monoisotopic (exact) mass is 560 g/mol. The molecule has 0 bridgehead atoms. The van der Waals surface area contributed by atoms with E-state index in [1.807, 2.05) is 0 Å². The van der Waals surface area contributed by atoms with E-state index in [2.05, 4.69) is 30.7 Å². The maximum Gasteiger partial charge on any atom is 0.235 e. The van der Waals surface area contributed by atoms with Gasteiger partial charge in [-0.25, -0.2) is 41.6 Å². The molecule has 210 valence electrons. The Balaban J connectivity index is 1.69. The SMILES string of the molecule is Cc1nc2c(cc1F)c(-c1nc(NCC(N)(CF)CF)c3c(n1)NC(=O)C3(C)C)nn2Cc1cccc(F)c1F. The minimum atomic E-state index is -1.84. The molecule has 0 fully saturated rings. The van der Waals surface area contributed by atoms with Gasteiger partial charge >= 0.3 is 0 Å². The second-order valence-electron chi connectivity index (χ2n) is 10.3. The van der Waals surface area contributed by atoms with Gasteiger partial charge in [0, 0.05) is 12.1 Å². The quantitative estimate of drug-likeness (QED) is 0.279. The Morgan fingerprint density at radius 2 is 1.82 bits per heavy atom. The number of nitrogens with zero attached hydrogens (tertiary/aromatic N) is 5. The molecule has 40 heavy (non-hydrogen) atoms. The van der Waals surface area contributed by atoms with Crippen LogP contribution in [0.15, 0.2) is 24.3 Å². The molecule has 4 aromatic rings. The van der Waals surface area contributed by atoms with Gasteiger partial charge in [0.1, 0.15) is 36.5 Å². The Labute approximate surface area is 225 Å². The van der Waals surface area contributed by atoms with Crippen molar-refractivity contribution in [2.45, 2.75) is 38.3 Å². The second-order valence-corrected chi connectivity index (χ2v) is 10.3. The maximum absolute atomic E-state index is 14.7. The zero-order chi connectivity index (χ0) is 29.0. The lowest BCUT2D eigenvalue weighted by molar-refractivity contribution is -0.119. The summed E-state index contributed by atoms with van der Waals surface area (Å²) in [5, 5.41) is 10.1. The van der Waals surface area contributed by atoms with Gasteiger partial charge in [-0.15, -0.1) is 0 Å². The smallest absolute Gasteiger partial charge is 0.235 e. The highest BCUT2D eigenvalue weighted by Crippen LogP contribution is 2.42. The van der Waals surface area contributed by atoms with Crippen LogP contribution in [0.25, 0.3) is 22.6 Å². The summed E-state index contributed by atoms with van der Waals surface area (Å²) in [6.07, 6.45) is 0. The number of amides is 1. The number of rotatable bonds is 8. The van der Waals surface area contributed by atoms with Gasteiger partial charge in [0.05, 0.1) is 34.1 Å². The minimum Gasteiger partial charge on any atom is -0.368 e. The molecule has 4 heterocycles. The zero-order valence-corrected chi connectivity index (χ0v) is 21.7. The molecule has 9 nitrogen and oxygen atoms in total. The van der Waals surface area contributed by atoms with E-state index in [0.29, 0.717) is 5.56 Å². The van der Waals surface area contributed by atoms with Crippen molar-refractivity contribution in [2.24, 2.45) is 5.73 Å². The van der Waals surface area contributed by atoms with Gasteiger partial charge in [-0.3, -0.25) is 4.79 Å². The summed E-state index contributed by atoms with van der Waals surface area (Å²) in [4.78, 5) is 25.9. The van der Waals surface area contributed by atoms with E-state index < -0.39 is 47.7 Å². The summed E-state index contributed by atoms with van der Waals surface area (Å²) in [6.45, 7) is 1.76. The van der Waals surface area contributed by atoms with E-state index in [0.717, 1.165) is 6.07 Å². The summed E-state index contributed by atoms with van der Waals surface area (Å²) in [6, 6.07) is 4.87. The Kier molecular flexibility index (Phi) is 6.68. The van der Waals surface area contributed by atoms with Crippen molar-refractivity contribution in [2.75, 3.05) is 30.5 Å². The van der Waals surface area contributed by atoms with Crippen molar-refractivity contribution in [3.05, 3.63) is 58.5 Å². The van der Waals surface area contributed by atoms with E-state index in [9.17, 15) is 26.7 Å². The molecule has 0 saturated carbocycles. The van der Waals surface area contributed by atoms with E-state index in [4.69, 9.17) is 5.73 Å². The topological polar surface area (TPSA) is 124 Å². The lowest BCUT2D eigenvalue weighted by Crippen LogP contribution is -2.50. The summed E-state index contributed by atoms with van der Waals surface area (Å²) in [7, 11) is 0. The van der Waals surface area contributed by atoms with Crippen LogP contribution in [-0.4, -0.2) is 56.1 Å². The van der Waals surface area contributed by atoms with Crippen LogP contribution in [0.1, 0.15) is 30.7 Å². The van der Waals surface area contributed by atoms with E-state index in [1.165, 1.54) is 29.8 Å². The van der Waals surface area contributed by atoms with Crippen molar-refractivity contribution in [1.82, 2.24) is 24.7 Å².